The molecule has 0 fully saturated rings. The molecule has 3 heterocycles. The first-order valence-electron chi connectivity index (χ1n) is 7.32. The van der Waals surface area contributed by atoms with E-state index in [0.29, 0.717) is 5.56 Å². The van der Waals surface area contributed by atoms with Crippen LogP contribution in [0.4, 0.5) is 5.82 Å². The quantitative estimate of drug-likeness (QED) is 0.791. The second-order valence-electron chi connectivity index (χ2n) is 5.55. The topological polar surface area (TPSA) is 60.5 Å². The normalized spacial score (nSPS) is 22.3. The van der Waals surface area contributed by atoms with Crippen LogP contribution >= 0.6 is 0 Å². The minimum absolute atomic E-state index is 0.0944. The fraction of sp³-hybridized carbons (Fsp3) is 0.176. The molecule has 0 spiro atoms. The van der Waals surface area contributed by atoms with Crippen molar-refractivity contribution >= 4 is 12.0 Å². The van der Waals surface area contributed by atoms with E-state index in [4.69, 9.17) is 0 Å². The third kappa shape index (κ3) is 2.07. The summed E-state index contributed by atoms with van der Waals surface area (Å²) < 4.78 is 0. The summed E-state index contributed by atoms with van der Waals surface area (Å²) >= 11 is 0. The van der Waals surface area contributed by atoms with E-state index in [2.05, 4.69) is 28.4 Å². The highest BCUT2D eigenvalue weighted by Crippen LogP contribution is 2.26. The molecule has 2 unspecified atom stereocenters. The Balaban J connectivity index is 1.84. The van der Waals surface area contributed by atoms with Crippen molar-refractivity contribution in [2.45, 2.75) is 19.1 Å². The van der Waals surface area contributed by atoms with Crippen LogP contribution in [0.5, 0.6) is 0 Å². The molecule has 4 rings (SSSR count). The molecule has 2 aliphatic rings. The SMILES string of the molecule is CC1C=CC2N=Cc3cc(-c4ccccc4)c(=O)[nH]c3N2N1. The van der Waals surface area contributed by atoms with Gasteiger partial charge in [0.25, 0.3) is 5.56 Å². The van der Waals surface area contributed by atoms with E-state index < -0.39 is 0 Å². The van der Waals surface area contributed by atoms with Crippen LogP contribution in [-0.2, 0) is 0 Å². The summed E-state index contributed by atoms with van der Waals surface area (Å²) in [6, 6.07) is 11.8. The Hall–Kier alpha value is -2.66. The minimum atomic E-state index is -0.109. The Bertz CT molecular complexity index is 822. The van der Waals surface area contributed by atoms with Crippen LogP contribution in [-0.4, -0.2) is 23.4 Å². The van der Waals surface area contributed by atoms with Crippen molar-refractivity contribution in [3.05, 3.63) is 64.5 Å². The number of aromatic amines is 1. The highest BCUT2D eigenvalue weighted by Gasteiger charge is 2.27. The van der Waals surface area contributed by atoms with Crippen LogP contribution in [0.25, 0.3) is 11.1 Å². The van der Waals surface area contributed by atoms with E-state index in [1.165, 1.54) is 0 Å². The van der Waals surface area contributed by atoms with E-state index in [1.807, 2.05) is 53.7 Å². The second-order valence-corrected chi connectivity index (χ2v) is 5.55. The number of rotatable bonds is 1. The zero-order valence-electron chi connectivity index (χ0n) is 12.2. The number of anilines is 1. The predicted octanol–water partition coefficient (Wildman–Crippen LogP) is 2.07. The smallest absolute Gasteiger partial charge is 0.257 e. The number of hydrogen-bond donors (Lipinski definition) is 2. The Kier molecular flexibility index (Phi) is 2.94. The third-order valence-corrected chi connectivity index (χ3v) is 3.92. The van der Waals surface area contributed by atoms with E-state index >= 15 is 0 Å². The van der Waals surface area contributed by atoms with Crippen molar-refractivity contribution in [1.82, 2.24) is 10.4 Å². The molecule has 5 heteroatoms. The summed E-state index contributed by atoms with van der Waals surface area (Å²) in [6.45, 7) is 2.06. The molecule has 1 aromatic heterocycles. The summed E-state index contributed by atoms with van der Waals surface area (Å²) in [5.74, 6) is 0.765. The van der Waals surface area contributed by atoms with E-state index in [-0.39, 0.29) is 17.8 Å². The standard InChI is InChI=1S/C17H16N4O/c1-11-7-8-15-18-10-13-9-14(12-5-3-2-4-6-12)17(22)19-16(13)21(15)20-11/h2-11,15,20H,1H3,(H,19,22). The van der Waals surface area contributed by atoms with E-state index in [9.17, 15) is 4.79 Å². The van der Waals surface area contributed by atoms with Crippen molar-refractivity contribution in [1.29, 1.82) is 0 Å². The lowest BCUT2D eigenvalue weighted by Crippen LogP contribution is -2.53. The number of pyridine rings is 1. The highest BCUT2D eigenvalue weighted by molar-refractivity contribution is 5.90. The van der Waals surface area contributed by atoms with Gasteiger partial charge >= 0.3 is 0 Å². The molecule has 0 saturated carbocycles. The number of benzene rings is 1. The number of nitrogens with one attached hydrogen (secondary N) is 2. The fourth-order valence-electron chi connectivity index (χ4n) is 2.83. The molecule has 2 aromatic rings. The maximum atomic E-state index is 12.5. The molecular weight excluding hydrogens is 276 g/mol. The fourth-order valence-corrected chi connectivity index (χ4v) is 2.83. The molecule has 0 amide bonds. The Morgan fingerprint density at radius 3 is 2.82 bits per heavy atom. The van der Waals surface area contributed by atoms with Gasteiger partial charge < -0.3 is 4.98 Å². The summed E-state index contributed by atoms with van der Waals surface area (Å²) in [7, 11) is 0. The van der Waals surface area contributed by atoms with E-state index in [0.717, 1.165) is 16.9 Å². The number of H-pyrrole nitrogens is 1. The first kappa shape index (κ1) is 13.0. The summed E-state index contributed by atoms with van der Waals surface area (Å²) in [6.07, 6.45) is 5.81. The highest BCUT2D eigenvalue weighted by atomic mass is 16.1. The number of nitrogens with zero attached hydrogens (tertiary/aromatic N) is 2. The van der Waals surface area contributed by atoms with Crippen molar-refractivity contribution in [2.24, 2.45) is 4.99 Å². The Morgan fingerprint density at radius 1 is 1.18 bits per heavy atom. The van der Waals surface area contributed by atoms with Crippen molar-refractivity contribution < 1.29 is 0 Å². The summed E-state index contributed by atoms with van der Waals surface area (Å²) in [5, 5.41) is 1.91. The van der Waals surface area contributed by atoms with Gasteiger partial charge in [-0.3, -0.25) is 14.8 Å². The average molecular weight is 292 g/mol. The van der Waals surface area contributed by atoms with Crippen LogP contribution in [0.1, 0.15) is 12.5 Å². The molecular formula is C17H16N4O. The van der Waals surface area contributed by atoms with Crippen LogP contribution < -0.4 is 16.0 Å². The molecule has 110 valence electrons. The maximum Gasteiger partial charge on any atom is 0.257 e. The van der Waals surface area contributed by atoms with Gasteiger partial charge in [-0.1, -0.05) is 36.4 Å². The van der Waals surface area contributed by atoms with Gasteiger partial charge in [-0.25, -0.2) is 5.43 Å². The van der Waals surface area contributed by atoms with Crippen LogP contribution in [0, 0.1) is 0 Å². The van der Waals surface area contributed by atoms with Gasteiger partial charge in [0.2, 0.25) is 0 Å². The number of aliphatic imine (C=N–C) groups is 1. The molecule has 1 aromatic carbocycles. The van der Waals surface area contributed by atoms with E-state index in [1.54, 1.807) is 0 Å². The summed E-state index contributed by atoms with van der Waals surface area (Å²) in [5.41, 5.74) is 5.70. The first-order chi connectivity index (χ1) is 10.7. The minimum Gasteiger partial charge on any atom is -0.307 e. The molecule has 2 N–H and O–H groups in total. The average Bonchev–Trinajstić information content (AvgIpc) is 2.55. The molecule has 2 aliphatic heterocycles. The second kappa shape index (κ2) is 4.96. The lowest BCUT2D eigenvalue weighted by atomic mass is 10.0. The number of aromatic nitrogens is 1. The number of fused-ring (bicyclic) bond motifs is 3. The monoisotopic (exact) mass is 292 g/mol. The predicted molar refractivity (Wildman–Crippen MR) is 88.1 cm³/mol. The molecule has 0 aliphatic carbocycles. The molecule has 22 heavy (non-hydrogen) atoms. The summed E-state index contributed by atoms with van der Waals surface area (Å²) in [4.78, 5) is 20.0. The van der Waals surface area contributed by atoms with Gasteiger partial charge in [-0.05, 0) is 24.6 Å². The third-order valence-electron chi connectivity index (χ3n) is 3.92. The Morgan fingerprint density at radius 2 is 2.00 bits per heavy atom. The number of hydrazine groups is 1. The molecule has 5 nitrogen and oxygen atoms in total. The van der Waals surface area contributed by atoms with Gasteiger partial charge in [0, 0.05) is 23.4 Å². The van der Waals surface area contributed by atoms with Crippen molar-refractivity contribution in [2.75, 3.05) is 5.01 Å². The van der Waals surface area contributed by atoms with Gasteiger partial charge in [-0.15, -0.1) is 0 Å². The van der Waals surface area contributed by atoms with Gasteiger partial charge in [-0.2, -0.15) is 0 Å². The molecule has 2 atom stereocenters. The van der Waals surface area contributed by atoms with Crippen LogP contribution in [0.2, 0.25) is 0 Å². The maximum absolute atomic E-state index is 12.5. The van der Waals surface area contributed by atoms with Crippen molar-refractivity contribution in [3.8, 4) is 11.1 Å². The Labute approximate surface area is 128 Å². The number of hydrogen-bond acceptors (Lipinski definition) is 4. The van der Waals surface area contributed by atoms with Gasteiger partial charge in [0.05, 0.1) is 0 Å². The van der Waals surface area contributed by atoms with Gasteiger partial charge in [0.1, 0.15) is 5.82 Å². The van der Waals surface area contributed by atoms with Gasteiger partial charge in [0.15, 0.2) is 6.17 Å². The lowest BCUT2D eigenvalue weighted by Gasteiger charge is -2.37. The van der Waals surface area contributed by atoms with Crippen LogP contribution in [0.3, 0.4) is 0 Å². The molecule has 0 radical (unpaired) electrons. The molecule has 0 bridgehead atoms. The van der Waals surface area contributed by atoms with Crippen LogP contribution in [0.15, 0.2) is 58.3 Å². The largest absolute Gasteiger partial charge is 0.307 e. The first-order valence-corrected chi connectivity index (χ1v) is 7.32. The zero-order chi connectivity index (χ0) is 15.1. The zero-order valence-corrected chi connectivity index (χ0v) is 12.2. The molecule has 0 saturated heterocycles. The lowest BCUT2D eigenvalue weighted by molar-refractivity contribution is 0.509. The van der Waals surface area contributed by atoms with Crippen molar-refractivity contribution in [3.63, 3.8) is 0 Å².